The Labute approximate surface area is 46.4 Å². The van der Waals surface area contributed by atoms with Crippen LogP contribution in [0.4, 0.5) is 0 Å². The van der Waals surface area contributed by atoms with Gasteiger partial charge in [-0.1, -0.05) is 38.7 Å². The van der Waals surface area contributed by atoms with Gasteiger partial charge in [-0.15, -0.1) is 0 Å². The predicted octanol–water partition coefficient (Wildman–Crippen LogP) is 2.29. The molecule has 1 unspecified atom stereocenters. The highest BCUT2D eigenvalue weighted by Gasteiger charge is 2.53. The summed E-state index contributed by atoms with van der Waals surface area (Å²) in [6.07, 6.45) is 0. The van der Waals surface area contributed by atoms with Gasteiger partial charge in [0, 0.05) is 0 Å². The van der Waals surface area contributed by atoms with E-state index >= 15 is 0 Å². The molecule has 0 aromatic carbocycles. The molecule has 0 radical (unpaired) electrons. The topological polar surface area (TPSA) is 0 Å². The zero-order valence-corrected chi connectivity index (χ0v) is 5.65. The summed E-state index contributed by atoms with van der Waals surface area (Å²) < 4.78 is 0. The lowest BCUT2D eigenvalue weighted by molar-refractivity contribution is 0.775. The highest BCUT2D eigenvalue weighted by atomic mass is 14.3. The first kappa shape index (κ1) is 5.21. The first-order chi connectivity index (χ1) is 3.07. The van der Waals surface area contributed by atoms with Crippen LogP contribution in [0.15, 0.2) is 0 Å². The highest BCUT2D eigenvalue weighted by molar-refractivity contribution is 6.74. The largest absolute Gasteiger partial charge is 0.144 e. The molecule has 0 saturated carbocycles. The van der Waals surface area contributed by atoms with Crippen molar-refractivity contribution in [2.45, 2.75) is 38.7 Å². The molecule has 0 N–H and O–H groups in total. The summed E-state index contributed by atoms with van der Waals surface area (Å²) in [5, 5.41) is 0.667. The molecule has 0 spiro atoms. The van der Waals surface area contributed by atoms with Crippen LogP contribution >= 0.6 is 0 Å². The molecular weight excluding hydrogens is 82.9 g/mol. The SMILES string of the molecule is CB1C(C)C1(C)C. The Morgan fingerprint density at radius 3 is 1.57 bits per heavy atom. The summed E-state index contributed by atoms with van der Waals surface area (Å²) in [5.41, 5.74) is 0. The molecule has 40 valence electrons. The second-order valence-corrected chi connectivity index (χ2v) is 3.40. The van der Waals surface area contributed by atoms with E-state index in [0.717, 1.165) is 12.5 Å². The lowest BCUT2D eigenvalue weighted by Gasteiger charge is -1.95. The molecule has 1 rings (SSSR count). The van der Waals surface area contributed by atoms with Crippen molar-refractivity contribution < 1.29 is 0 Å². The quantitative estimate of drug-likeness (QED) is 0.406. The molecule has 0 amide bonds. The molecule has 0 nitrogen and oxygen atoms in total. The molecule has 0 bridgehead atoms. The third kappa shape index (κ3) is 0.507. The van der Waals surface area contributed by atoms with Crippen LogP contribution in [0.1, 0.15) is 20.8 Å². The van der Waals surface area contributed by atoms with Gasteiger partial charge in [0.25, 0.3) is 0 Å². The third-order valence-electron chi connectivity index (χ3n) is 2.99. The maximum Gasteiger partial charge on any atom is 0.144 e. The van der Waals surface area contributed by atoms with E-state index in [1.54, 1.807) is 0 Å². The average molecular weight is 96.0 g/mol. The zero-order chi connectivity index (χ0) is 5.65. The maximum absolute atomic E-state index is 2.34. The minimum atomic E-state index is 0.667. The Balaban J connectivity index is 2.52. The average Bonchev–Trinajstić information content (AvgIpc) is 1.91. The predicted molar refractivity (Wildman–Crippen MR) is 35.1 cm³/mol. The van der Waals surface area contributed by atoms with Crippen molar-refractivity contribution in [1.82, 2.24) is 0 Å². The number of hydrogen-bond acceptors (Lipinski definition) is 0. The van der Waals surface area contributed by atoms with E-state index < -0.39 is 0 Å². The van der Waals surface area contributed by atoms with Crippen LogP contribution in [0.3, 0.4) is 0 Å². The summed E-state index contributed by atoms with van der Waals surface area (Å²) in [6.45, 7) is 10.3. The molecule has 1 aliphatic heterocycles. The lowest BCUT2D eigenvalue weighted by Crippen LogP contribution is -1.83. The Hall–Kier alpha value is 0.0649. The molecule has 1 saturated heterocycles. The van der Waals surface area contributed by atoms with Crippen LogP contribution in [-0.2, 0) is 0 Å². The van der Waals surface area contributed by atoms with Crippen molar-refractivity contribution in [3.8, 4) is 0 Å². The van der Waals surface area contributed by atoms with Crippen LogP contribution in [0, 0.1) is 0 Å². The fraction of sp³-hybridized carbons (Fsp3) is 1.00. The monoisotopic (exact) mass is 96.1 g/mol. The van der Waals surface area contributed by atoms with Crippen molar-refractivity contribution in [2.24, 2.45) is 0 Å². The molecule has 7 heavy (non-hydrogen) atoms. The van der Waals surface area contributed by atoms with Gasteiger partial charge in [0.15, 0.2) is 0 Å². The molecule has 0 aliphatic carbocycles. The van der Waals surface area contributed by atoms with Gasteiger partial charge < -0.3 is 0 Å². The van der Waals surface area contributed by atoms with Crippen molar-refractivity contribution in [1.29, 1.82) is 0 Å². The normalized spacial score (nSPS) is 36.0. The van der Waals surface area contributed by atoms with Crippen molar-refractivity contribution in [3.63, 3.8) is 0 Å². The Kier molecular flexibility index (Phi) is 0.795. The molecule has 1 aliphatic rings. The fourth-order valence-corrected chi connectivity index (χ4v) is 1.19. The van der Waals surface area contributed by atoms with Gasteiger partial charge in [0.1, 0.15) is 6.71 Å². The standard InChI is InChI=1S/C6H13B/c1-5-6(2,3)7(5)4/h5H,1-4H3. The van der Waals surface area contributed by atoms with Crippen molar-refractivity contribution >= 4 is 6.71 Å². The van der Waals surface area contributed by atoms with E-state index in [4.69, 9.17) is 0 Å². The van der Waals surface area contributed by atoms with Crippen molar-refractivity contribution in [2.75, 3.05) is 0 Å². The van der Waals surface area contributed by atoms with Gasteiger partial charge in [0.05, 0.1) is 0 Å². The summed E-state index contributed by atoms with van der Waals surface area (Å²) in [4.78, 5) is 0. The number of rotatable bonds is 0. The van der Waals surface area contributed by atoms with E-state index in [-0.39, 0.29) is 0 Å². The van der Waals surface area contributed by atoms with Gasteiger partial charge in [-0.2, -0.15) is 0 Å². The summed E-state index contributed by atoms with van der Waals surface area (Å²) in [7, 11) is 0. The van der Waals surface area contributed by atoms with E-state index in [2.05, 4.69) is 27.6 Å². The third-order valence-corrected chi connectivity index (χ3v) is 2.99. The molecule has 0 aromatic rings. The van der Waals surface area contributed by atoms with E-state index in [1.165, 1.54) is 0 Å². The van der Waals surface area contributed by atoms with Crippen molar-refractivity contribution in [3.05, 3.63) is 0 Å². The first-order valence-corrected chi connectivity index (χ1v) is 3.07. The van der Waals surface area contributed by atoms with Gasteiger partial charge in [-0.05, 0) is 0 Å². The summed E-state index contributed by atoms with van der Waals surface area (Å²) >= 11 is 0. The smallest absolute Gasteiger partial charge is 0.0855 e. The Morgan fingerprint density at radius 1 is 1.43 bits per heavy atom. The highest BCUT2D eigenvalue weighted by Crippen LogP contribution is 2.62. The van der Waals surface area contributed by atoms with Crippen LogP contribution in [0.25, 0.3) is 0 Å². The lowest BCUT2D eigenvalue weighted by atomic mass is 9.64. The van der Waals surface area contributed by atoms with Gasteiger partial charge >= 0.3 is 0 Å². The minimum Gasteiger partial charge on any atom is -0.0855 e. The molecule has 0 aromatic heterocycles. The van der Waals surface area contributed by atoms with E-state index in [1.807, 2.05) is 0 Å². The first-order valence-electron chi connectivity index (χ1n) is 3.07. The minimum absolute atomic E-state index is 0.667. The van der Waals surface area contributed by atoms with Gasteiger partial charge in [-0.25, -0.2) is 0 Å². The van der Waals surface area contributed by atoms with E-state index in [0.29, 0.717) is 5.31 Å². The second-order valence-electron chi connectivity index (χ2n) is 3.40. The second kappa shape index (κ2) is 1.07. The van der Waals surface area contributed by atoms with Crippen LogP contribution < -0.4 is 0 Å². The zero-order valence-electron chi connectivity index (χ0n) is 5.65. The molecule has 1 heterocycles. The van der Waals surface area contributed by atoms with Gasteiger partial charge in [-0.3, -0.25) is 0 Å². The van der Waals surface area contributed by atoms with Crippen LogP contribution in [0.2, 0.25) is 18.0 Å². The van der Waals surface area contributed by atoms with E-state index in [9.17, 15) is 0 Å². The Morgan fingerprint density at radius 2 is 1.57 bits per heavy atom. The molecule has 1 atom stereocenters. The maximum atomic E-state index is 2.34. The molecule has 1 heteroatoms. The van der Waals surface area contributed by atoms with Gasteiger partial charge in [0.2, 0.25) is 0 Å². The fourth-order valence-electron chi connectivity index (χ4n) is 1.19. The summed E-state index contributed by atoms with van der Waals surface area (Å²) in [5.74, 6) is 0.965. The molecule has 1 fully saturated rings. The number of hydrogen-bond donors (Lipinski definition) is 0. The summed E-state index contributed by atoms with van der Waals surface area (Å²) in [6, 6.07) is 0. The van der Waals surface area contributed by atoms with Crippen LogP contribution in [0.5, 0.6) is 0 Å². The molecular formula is C6H13B. The van der Waals surface area contributed by atoms with Crippen LogP contribution in [-0.4, -0.2) is 6.71 Å². The Bertz CT molecular complexity index is 76.2.